The first kappa shape index (κ1) is 20.7. The lowest BCUT2D eigenvalue weighted by atomic mass is 9.99. The third kappa shape index (κ3) is 4.22. The second-order valence-electron chi connectivity index (χ2n) is 6.06. The van der Waals surface area contributed by atoms with E-state index in [1.165, 1.54) is 25.4 Å². The van der Waals surface area contributed by atoms with Crippen molar-refractivity contribution in [3.63, 3.8) is 0 Å². The first-order valence-electron chi connectivity index (χ1n) is 8.01. The molecule has 3 aromatic rings. The van der Waals surface area contributed by atoms with Crippen LogP contribution < -0.4 is 5.32 Å². The maximum absolute atomic E-state index is 12.8. The van der Waals surface area contributed by atoms with Crippen molar-refractivity contribution in [1.82, 2.24) is 9.97 Å². The number of hydrogen-bond donors (Lipinski definition) is 2. The van der Waals surface area contributed by atoms with Gasteiger partial charge in [0.2, 0.25) is 0 Å². The molecule has 152 valence electrons. The normalized spacial score (nSPS) is 12.7. The van der Waals surface area contributed by atoms with E-state index in [-0.39, 0.29) is 10.8 Å². The number of aliphatic hydroxyl groups excluding tert-OH is 1. The lowest BCUT2D eigenvalue weighted by Gasteiger charge is -2.18. The molecule has 0 saturated carbocycles. The lowest BCUT2D eigenvalue weighted by Crippen LogP contribution is -2.22. The average Bonchev–Trinajstić information content (AvgIpc) is 2.68. The molecule has 0 bridgehead atoms. The Labute approximate surface area is 166 Å². The van der Waals surface area contributed by atoms with Crippen LogP contribution in [-0.4, -0.2) is 27.3 Å². The molecule has 1 atom stereocenters. The number of halogens is 5. The largest absolute Gasteiger partial charge is 0.450 e. The molecule has 0 fully saturated rings. The summed E-state index contributed by atoms with van der Waals surface area (Å²) < 4.78 is 50.1. The van der Waals surface area contributed by atoms with Crippen LogP contribution in [0.5, 0.6) is 0 Å². The van der Waals surface area contributed by atoms with Crippen LogP contribution >= 0.6 is 11.6 Å². The maximum atomic E-state index is 12.8. The van der Waals surface area contributed by atoms with E-state index < -0.39 is 24.1 Å². The van der Waals surface area contributed by atoms with Gasteiger partial charge in [-0.1, -0.05) is 23.7 Å². The summed E-state index contributed by atoms with van der Waals surface area (Å²) in [5, 5.41) is 12.5. The zero-order valence-corrected chi connectivity index (χ0v) is 15.3. The van der Waals surface area contributed by atoms with Gasteiger partial charge >= 0.3 is 12.3 Å². The number of rotatable bonds is 3. The SMILES string of the molecule is Cc1c(-c2ccc3cc(NC(=O)OF)ncc3c2)cnc(C(O)C(F)(F)F)c1Cl. The molecule has 3 rings (SSSR count). The Morgan fingerprint density at radius 1 is 1.21 bits per heavy atom. The third-order valence-electron chi connectivity index (χ3n) is 4.19. The van der Waals surface area contributed by atoms with Crippen LogP contribution in [0.1, 0.15) is 17.4 Å². The Morgan fingerprint density at radius 3 is 2.59 bits per heavy atom. The van der Waals surface area contributed by atoms with E-state index in [9.17, 15) is 27.6 Å². The number of aliphatic hydroxyl groups is 1. The number of carbonyl (C=O) groups excluding carboxylic acids is 1. The van der Waals surface area contributed by atoms with Gasteiger partial charge in [0.1, 0.15) is 5.82 Å². The number of benzene rings is 1. The van der Waals surface area contributed by atoms with E-state index in [0.717, 1.165) is 0 Å². The van der Waals surface area contributed by atoms with Gasteiger partial charge in [0.05, 0.1) is 10.7 Å². The molecule has 2 heterocycles. The minimum Gasteiger partial charge on any atom is -0.378 e. The summed E-state index contributed by atoms with van der Waals surface area (Å²) in [6.45, 7) is 1.52. The van der Waals surface area contributed by atoms with E-state index >= 15 is 0 Å². The molecule has 0 aliphatic carbocycles. The Morgan fingerprint density at radius 2 is 1.93 bits per heavy atom. The molecule has 0 saturated heterocycles. The highest BCUT2D eigenvalue weighted by Gasteiger charge is 2.42. The fraction of sp³-hybridized carbons (Fsp3) is 0.167. The molecule has 0 radical (unpaired) electrons. The Hall–Kier alpha value is -2.98. The Balaban J connectivity index is 1.99. The first-order chi connectivity index (χ1) is 13.6. The summed E-state index contributed by atoms with van der Waals surface area (Å²) in [6, 6.07) is 6.51. The lowest BCUT2D eigenvalue weighted by molar-refractivity contribution is -0.207. The topological polar surface area (TPSA) is 84.3 Å². The minimum atomic E-state index is -4.89. The van der Waals surface area contributed by atoms with Crippen molar-refractivity contribution < 1.29 is 32.5 Å². The number of nitrogens with zero attached hydrogens (tertiary/aromatic N) is 2. The summed E-state index contributed by atoms with van der Waals surface area (Å²) in [6.07, 6.45) is -6.37. The van der Waals surface area contributed by atoms with Gasteiger partial charge in [-0.05, 0) is 35.6 Å². The predicted molar refractivity (Wildman–Crippen MR) is 96.9 cm³/mol. The third-order valence-corrected chi connectivity index (χ3v) is 4.67. The molecule has 1 aromatic carbocycles. The van der Waals surface area contributed by atoms with Crippen molar-refractivity contribution in [1.29, 1.82) is 0 Å². The highest BCUT2D eigenvalue weighted by atomic mass is 35.5. The smallest absolute Gasteiger partial charge is 0.378 e. The number of amides is 1. The zero-order chi connectivity index (χ0) is 21.3. The van der Waals surface area contributed by atoms with Crippen molar-refractivity contribution in [2.75, 3.05) is 5.32 Å². The summed E-state index contributed by atoms with van der Waals surface area (Å²) >= 11 is 6.03. The molecule has 6 nitrogen and oxygen atoms in total. The van der Waals surface area contributed by atoms with Crippen molar-refractivity contribution in [2.24, 2.45) is 0 Å². The fourth-order valence-corrected chi connectivity index (χ4v) is 2.99. The van der Waals surface area contributed by atoms with E-state index in [2.05, 4.69) is 20.2 Å². The second-order valence-corrected chi connectivity index (χ2v) is 6.44. The monoisotopic (exact) mass is 429 g/mol. The van der Waals surface area contributed by atoms with Gasteiger partial charge in [-0.25, -0.2) is 14.7 Å². The van der Waals surface area contributed by atoms with Crippen LogP contribution in [0.25, 0.3) is 21.9 Å². The molecular weight excluding hydrogens is 418 g/mol. The Kier molecular flexibility index (Phi) is 5.58. The van der Waals surface area contributed by atoms with Gasteiger partial charge in [-0.3, -0.25) is 10.3 Å². The fourth-order valence-electron chi connectivity index (χ4n) is 2.74. The second kappa shape index (κ2) is 7.80. The molecule has 1 amide bonds. The molecule has 0 aliphatic rings. The number of carbonyl (C=O) groups is 1. The summed E-state index contributed by atoms with van der Waals surface area (Å²) in [4.78, 5) is 21.6. The molecule has 2 aromatic heterocycles. The van der Waals surface area contributed by atoms with Crippen LogP contribution in [0, 0.1) is 6.92 Å². The van der Waals surface area contributed by atoms with Gasteiger partial charge < -0.3 is 5.11 Å². The molecule has 29 heavy (non-hydrogen) atoms. The quantitative estimate of drug-likeness (QED) is 0.553. The van der Waals surface area contributed by atoms with Gasteiger partial charge in [0.25, 0.3) is 0 Å². The average molecular weight is 430 g/mol. The van der Waals surface area contributed by atoms with E-state index in [0.29, 0.717) is 27.5 Å². The van der Waals surface area contributed by atoms with Crippen molar-refractivity contribution >= 4 is 34.3 Å². The number of anilines is 1. The van der Waals surface area contributed by atoms with E-state index in [1.807, 2.05) is 0 Å². The number of alkyl halides is 3. The molecular formula is C18H12ClF4N3O3. The number of fused-ring (bicyclic) bond motifs is 1. The van der Waals surface area contributed by atoms with Gasteiger partial charge in [-0.15, -0.1) is 0 Å². The molecule has 11 heteroatoms. The molecule has 0 aliphatic heterocycles. The predicted octanol–water partition coefficient (Wildman–Crippen LogP) is 5.29. The van der Waals surface area contributed by atoms with Crippen LogP contribution in [0.15, 0.2) is 36.7 Å². The number of hydrogen-bond acceptors (Lipinski definition) is 5. The van der Waals surface area contributed by atoms with Gasteiger partial charge in [-0.2, -0.15) is 13.2 Å². The van der Waals surface area contributed by atoms with Crippen LogP contribution in [0.4, 0.5) is 28.3 Å². The first-order valence-corrected chi connectivity index (χ1v) is 8.39. The highest BCUT2D eigenvalue weighted by molar-refractivity contribution is 6.32. The van der Waals surface area contributed by atoms with Crippen LogP contribution in [-0.2, 0) is 4.94 Å². The molecule has 1 unspecified atom stereocenters. The van der Waals surface area contributed by atoms with Crippen molar-refractivity contribution in [2.45, 2.75) is 19.2 Å². The van der Waals surface area contributed by atoms with E-state index in [1.54, 1.807) is 18.2 Å². The number of pyridine rings is 2. The zero-order valence-electron chi connectivity index (χ0n) is 14.6. The number of nitrogens with one attached hydrogen (secondary N) is 1. The minimum absolute atomic E-state index is 0.0688. The summed E-state index contributed by atoms with van der Waals surface area (Å²) in [5.41, 5.74) is 0.718. The summed E-state index contributed by atoms with van der Waals surface area (Å²) in [5.74, 6) is 0.0688. The molecule has 0 spiro atoms. The highest BCUT2D eigenvalue weighted by Crippen LogP contribution is 2.38. The maximum Gasteiger partial charge on any atom is 0.450 e. The van der Waals surface area contributed by atoms with Crippen molar-refractivity contribution in [3.05, 3.63) is 52.9 Å². The van der Waals surface area contributed by atoms with E-state index in [4.69, 9.17) is 11.6 Å². The molecule has 2 N–H and O–H groups in total. The standard InChI is InChI=1S/C18H12ClF4N3O3/c1-8-12(7-25-15(14(8)19)16(27)18(20,21)22)10-3-2-9-5-13(26-17(28)29-23)24-6-11(9)4-10/h2-7,16,27H,1H3,(H,24,26,28). The van der Waals surface area contributed by atoms with Crippen molar-refractivity contribution in [3.8, 4) is 11.1 Å². The number of aromatic nitrogens is 2. The Bertz CT molecular complexity index is 1090. The van der Waals surface area contributed by atoms with Gasteiger partial charge in [0, 0.05) is 27.9 Å². The van der Waals surface area contributed by atoms with Crippen LogP contribution in [0.2, 0.25) is 5.02 Å². The van der Waals surface area contributed by atoms with Crippen LogP contribution in [0.3, 0.4) is 0 Å². The van der Waals surface area contributed by atoms with Gasteiger partial charge in [0.15, 0.2) is 6.10 Å². The summed E-state index contributed by atoms with van der Waals surface area (Å²) in [7, 11) is 0.